The van der Waals surface area contributed by atoms with Crippen LogP contribution < -0.4 is 5.32 Å². The second-order valence-electron chi connectivity index (χ2n) is 9.63. The maximum atomic E-state index is 11.6. The van der Waals surface area contributed by atoms with Crippen molar-refractivity contribution in [2.75, 3.05) is 31.5 Å². The van der Waals surface area contributed by atoms with Gasteiger partial charge in [-0.3, -0.25) is 4.79 Å². The van der Waals surface area contributed by atoms with Crippen LogP contribution in [0.3, 0.4) is 0 Å². The first kappa shape index (κ1) is 22.6. The Morgan fingerprint density at radius 3 is 3.03 bits per heavy atom. The van der Waals surface area contributed by atoms with Gasteiger partial charge in [0.15, 0.2) is 0 Å². The lowest BCUT2D eigenvalue weighted by atomic mass is 9.94. The smallest absolute Gasteiger partial charge is 0.304 e. The molecule has 2 atom stereocenters. The van der Waals surface area contributed by atoms with Gasteiger partial charge in [0.1, 0.15) is 5.82 Å². The molecule has 1 aromatic carbocycles. The van der Waals surface area contributed by atoms with Crippen LogP contribution in [0.4, 0.5) is 5.82 Å². The predicted octanol–water partition coefficient (Wildman–Crippen LogP) is 4.14. The van der Waals surface area contributed by atoms with Crippen molar-refractivity contribution in [2.45, 2.75) is 44.4 Å². The van der Waals surface area contributed by atoms with Gasteiger partial charge in [-0.25, -0.2) is 9.67 Å². The first-order valence-corrected chi connectivity index (χ1v) is 12.4. The van der Waals surface area contributed by atoms with Crippen molar-refractivity contribution in [3.05, 3.63) is 71.7 Å². The third-order valence-electron chi connectivity index (χ3n) is 7.14. The fourth-order valence-corrected chi connectivity index (χ4v) is 5.33. The summed E-state index contributed by atoms with van der Waals surface area (Å²) in [5, 5.41) is 17.3. The Labute approximate surface area is 200 Å². The molecule has 1 fully saturated rings. The summed E-state index contributed by atoms with van der Waals surface area (Å²) in [7, 11) is 0. The Hall–Kier alpha value is -3.19. The number of nitrogens with zero attached hydrogens (tertiary/aromatic N) is 4. The highest BCUT2D eigenvalue weighted by Gasteiger charge is 2.27. The molecule has 0 bridgehead atoms. The van der Waals surface area contributed by atoms with E-state index in [1.165, 1.54) is 17.7 Å². The molecule has 34 heavy (non-hydrogen) atoms. The molecule has 0 saturated carbocycles. The number of rotatable bonds is 9. The van der Waals surface area contributed by atoms with E-state index < -0.39 is 5.97 Å². The summed E-state index contributed by atoms with van der Waals surface area (Å²) in [6.45, 7) is 3.84. The molecular weight excluding hydrogens is 426 g/mol. The van der Waals surface area contributed by atoms with Crippen LogP contribution in [0, 0.1) is 5.92 Å². The lowest BCUT2D eigenvalue weighted by Crippen LogP contribution is -2.28. The second kappa shape index (κ2) is 10.4. The third kappa shape index (κ3) is 5.47. The predicted molar refractivity (Wildman–Crippen MR) is 132 cm³/mol. The molecule has 7 nitrogen and oxygen atoms in total. The van der Waals surface area contributed by atoms with Crippen molar-refractivity contribution in [3.8, 4) is 5.69 Å². The van der Waals surface area contributed by atoms with E-state index in [0.717, 1.165) is 68.9 Å². The van der Waals surface area contributed by atoms with E-state index in [4.69, 9.17) is 4.98 Å². The van der Waals surface area contributed by atoms with Crippen molar-refractivity contribution in [1.82, 2.24) is 19.7 Å². The van der Waals surface area contributed by atoms with Crippen molar-refractivity contribution < 1.29 is 9.90 Å². The number of aryl methyl sites for hydroxylation is 2. The quantitative estimate of drug-likeness (QED) is 0.500. The minimum Gasteiger partial charge on any atom is -0.481 e. The van der Waals surface area contributed by atoms with Gasteiger partial charge in [-0.2, -0.15) is 5.10 Å². The van der Waals surface area contributed by atoms with Crippen molar-refractivity contribution in [2.24, 2.45) is 5.92 Å². The normalized spacial score (nSPS) is 18.9. The Kier molecular flexibility index (Phi) is 6.90. The van der Waals surface area contributed by atoms with E-state index in [1.54, 1.807) is 6.20 Å². The standard InChI is InChI=1S/C27H33N5O2/c33-26(34)17-23(22-4-1-6-25(16-22)32-14-3-13-29-32)19-31-15-11-20(18-31)7-9-24-10-8-21-5-2-12-28-27(21)30-24/h1,3-4,6,8,10,13-14,16,20,23H,2,5,7,9,11-12,15,17-19H2,(H,28,30)(H,33,34)/t20-,23-/m1/s1. The molecule has 2 aromatic heterocycles. The molecule has 2 aliphatic heterocycles. The van der Waals surface area contributed by atoms with Crippen LogP contribution in [-0.2, 0) is 17.6 Å². The molecule has 0 spiro atoms. The van der Waals surface area contributed by atoms with Gasteiger partial charge in [-0.05, 0) is 80.0 Å². The van der Waals surface area contributed by atoms with Gasteiger partial charge in [0.05, 0.1) is 12.1 Å². The molecule has 3 aromatic rings. The zero-order valence-electron chi connectivity index (χ0n) is 19.6. The number of anilines is 1. The summed E-state index contributed by atoms with van der Waals surface area (Å²) in [6.07, 6.45) is 9.38. The van der Waals surface area contributed by atoms with Gasteiger partial charge in [0, 0.05) is 43.6 Å². The molecular formula is C27H33N5O2. The number of hydrogen-bond acceptors (Lipinski definition) is 5. The number of aromatic nitrogens is 3. The number of benzene rings is 1. The van der Waals surface area contributed by atoms with Crippen molar-refractivity contribution in [3.63, 3.8) is 0 Å². The number of aliphatic carboxylic acids is 1. The zero-order chi connectivity index (χ0) is 23.3. The van der Waals surface area contributed by atoms with Gasteiger partial charge in [-0.1, -0.05) is 18.2 Å². The fraction of sp³-hybridized carbons (Fsp3) is 0.444. The van der Waals surface area contributed by atoms with E-state index in [1.807, 2.05) is 35.1 Å². The number of carboxylic acids is 1. The molecule has 178 valence electrons. The van der Waals surface area contributed by atoms with Gasteiger partial charge in [0.2, 0.25) is 0 Å². The van der Waals surface area contributed by atoms with Crippen LogP contribution in [0.15, 0.2) is 54.9 Å². The summed E-state index contributed by atoms with van der Waals surface area (Å²) in [5.41, 5.74) is 4.53. The summed E-state index contributed by atoms with van der Waals surface area (Å²) in [4.78, 5) is 18.9. The summed E-state index contributed by atoms with van der Waals surface area (Å²) >= 11 is 0. The highest BCUT2D eigenvalue weighted by molar-refractivity contribution is 5.68. The van der Waals surface area contributed by atoms with Gasteiger partial charge < -0.3 is 15.3 Å². The zero-order valence-corrected chi connectivity index (χ0v) is 19.6. The average Bonchev–Trinajstić information content (AvgIpc) is 3.55. The number of fused-ring (bicyclic) bond motifs is 1. The summed E-state index contributed by atoms with van der Waals surface area (Å²) < 4.78 is 1.82. The minimum absolute atomic E-state index is 0.0415. The molecule has 2 N–H and O–H groups in total. The Balaban J connectivity index is 1.19. The number of carbonyl (C=O) groups is 1. The van der Waals surface area contributed by atoms with Gasteiger partial charge in [-0.15, -0.1) is 0 Å². The Morgan fingerprint density at radius 2 is 2.18 bits per heavy atom. The lowest BCUT2D eigenvalue weighted by Gasteiger charge is -2.24. The van der Waals surface area contributed by atoms with Crippen molar-refractivity contribution in [1.29, 1.82) is 0 Å². The number of pyridine rings is 1. The molecule has 0 aliphatic carbocycles. The lowest BCUT2D eigenvalue weighted by molar-refractivity contribution is -0.137. The summed E-state index contributed by atoms with van der Waals surface area (Å²) in [6, 6.07) is 14.4. The number of hydrogen-bond donors (Lipinski definition) is 2. The Morgan fingerprint density at radius 1 is 1.24 bits per heavy atom. The average molecular weight is 460 g/mol. The monoisotopic (exact) mass is 459 g/mol. The summed E-state index contributed by atoms with van der Waals surface area (Å²) in [5.74, 6) is 0.912. The molecule has 4 heterocycles. The van der Waals surface area contributed by atoms with E-state index in [-0.39, 0.29) is 12.3 Å². The maximum Gasteiger partial charge on any atom is 0.304 e. The molecule has 0 unspecified atom stereocenters. The van der Waals surface area contributed by atoms with Crippen molar-refractivity contribution >= 4 is 11.8 Å². The van der Waals surface area contributed by atoms with Crippen LogP contribution in [0.5, 0.6) is 0 Å². The number of nitrogens with one attached hydrogen (secondary N) is 1. The number of carboxylic acid groups (broad SMARTS) is 1. The first-order chi connectivity index (χ1) is 16.6. The number of likely N-dealkylation sites (tertiary alicyclic amines) is 1. The molecule has 7 heteroatoms. The van der Waals surface area contributed by atoms with Crippen LogP contribution >= 0.6 is 0 Å². The molecule has 1 saturated heterocycles. The van der Waals surface area contributed by atoms with Crippen LogP contribution in [0.25, 0.3) is 5.69 Å². The van der Waals surface area contributed by atoms with Crippen LogP contribution in [0.2, 0.25) is 0 Å². The third-order valence-corrected chi connectivity index (χ3v) is 7.14. The highest BCUT2D eigenvalue weighted by atomic mass is 16.4. The van der Waals surface area contributed by atoms with E-state index in [9.17, 15) is 9.90 Å². The Bertz CT molecular complexity index is 1110. The molecule has 0 amide bonds. The second-order valence-corrected chi connectivity index (χ2v) is 9.63. The largest absolute Gasteiger partial charge is 0.481 e. The van der Waals surface area contributed by atoms with Crippen LogP contribution in [0.1, 0.15) is 48.4 Å². The highest BCUT2D eigenvalue weighted by Crippen LogP contribution is 2.28. The first-order valence-electron chi connectivity index (χ1n) is 12.4. The molecule has 2 aliphatic rings. The fourth-order valence-electron chi connectivity index (χ4n) is 5.33. The van der Waals surface area contributed by atoms with Crippen LogP contribution in [-0.4, -0.2) is 56.9 Å². The van der Waals surface area contributed by atoms with Gasteiger partial charge >= 0.3 is 5.97 Å². The minimum atomic E-state index is -0.752. The SMILES string of the molecule is O=C(O)C[C@H](CN1CC[C@@H](CCc2ccc3c(n2)NCCC3)C1)c1cccc(-n2cccn2)c1. The van der Waals surface area contributed by atoms with Gasteiger partial charge in [0.25, 0.3) is 0 Å². The topological polar surface area (TPSA) is 83.3 Å². The van der Waals surface area contributed by atoms with E-state index >= 15 is 0 Å². The maximum absolute atomic E-state index is 11.6. The van der Waals surface area contributed by atoms with E-state index in [2.05, 4.69) is 33.5 Å². The molecule has 0 radical (unpaired) electrons. The molecule has 5 rings (SSSR count). The van der Waals surface area contributed by atoms with E-state index in [0.29, 0.717) is 5.92 Å².